The lowest BCUT2D eigenvalue weighted by Crippen LogP contribution is -2.18. The fraction of sp³-hybridized carbons (Fsp3) is 0.273. The van der Waals surface area contributed by atoms with Crippen molar-refractivity contribution < 1.29 is 8.91 Å². The van der Waals surface area contributed by atoms with Crippen molar-refractivity contribution in [3.8, 4) is 11.5 Å². The van der Waals surface area contributed by atoms with Gasteiger partial charge in [0.15, 0.2) is 5.82 Å². The fourth-order valence-corrected chi connectivity index (χ4v) is 1.36. The van der Waals surface area contributed by atoms with Crippen molar-refractivity contribution in [2.75, 3.05) is 0 Å². The monoisotopic (exact) mass is 221 g/mol. The summed E-state index contributed by atoms with van der Waals surface area (Å²) in [4.78, 5) is 4.14. The lowest BCUT2D eigenvalue weighted by molar-refractivity contribution is 0.420. The van der Waals surface area contributed by atoms with Gasteiger partial charge in [0.25, 0.3) is 5.89 Å². The molecule has 0 aliphatic heterocycles. The van der Waals surface area contributed by atoms with Crippen LogP contribution in [0.5, 0.6) is 0 Å². The van der Waals surface area contributed by atoms with E-state index < -0.39 is 0 Å². The highest BCUT2D eigenvalue weighted by Gasteiger charge is 2.10. The second-order valence-electron chi connectivity index (χ2n) is 3.71. The predicted molar refractivity (Wildman–Crippen MR) is 57.0 cm³/mol. The lowest BCUT2D eigenvalue weighted by atomic mass is 10.2. The number of hydrogen-bond donors (Lipinski definition) is 1. The van der Waals surface area contributed by atoms with Crippen LogP contribution in [0.3, 0.4) is 0 Å². The maximum atomic E-state index is 13.0. The Morgan fingerprint density at radius 3 is 3.00 bits per heavy atom. The predicted octanol–water partition coefficient (Wildman–Crippen LogP) is 1.77. The number of hydrogen-bond acceptors (Lipinski definition) is 4. The first-order valence-electron chi connectivity index (χ1n) is 4.99. The lowest BCUT2D eigenvalue weighted by Gasteiger charge is -1.97. The van der Waals surface area contributed by atoms with E-state index in [9.17, 15) is 4.39 Å². The first kappa shape index (κ1) is 10.8. The molecule has 0 aliphatic rings. The first-order chi connectivity index (χ1) is 7.65. The molecule has 1 aromatic heterocycles. The van der Waals surface area contributed by atoms with Gasteiger partial charge in [-0.2, -0.15) is 4.98 Å². The van der Waals surface area contributed by atoms with Crippen molar-refractivity contribution in [3.63, 3.8) is 0 Å². The minimum Gasteiger partial charge on any atom is -0.334 e. The van der Waals surface area contributed by atoms with Gasteiger partial charge in [0.05, 0.1) is 0 Å². The van der Waals surface area contributed by atoms with Gasteiger partial charge < -0.3 is 10.3 Å². The molecule has 2 N–H and O–H groups in total. The van der Waals surface area contributed by atoms with Crippen molar-refractivity contribution >= 4 is 0 Å². The summed E-state index contributed by atoms with van der Waals surface area (Å²) in [5, 5.41) is 3.77. The number of rotatable bonds is 3. The van der Waals surface area contributed by atoms with E-state index in [-0.39, 0.29) is 11.9 Å². The highest BCUT2D eigenvalue weighted by atomic mass is 19.1. The molecule has 1 atom stereocenters. The standard InChI is InChI=1S/C11H12FN3O/c1-7(13)5-10-14-11(16-15-10)8-3-2-4-9(12)6-8/h2-4,6-7H,5,13H2,1H3. The zero-order chi connectivity index (χ0) is 11.5. The molecule has 0 saturated heterocycles. The Morgan fingerprint density at radius 2 is 2.31 bits per heavy atom. The maximum Gasteiger partial charge on any atom is 0.258 e. The molecule has 0 spiro atoms. The Hall–Kier alpha value is -1.75. The zero-order valence-corrected chi connectivity index (χ0v) is 8.85. The number of halogens is 1. The summed E-state index contributed by atoms with van der Waals surface area (Å²) in [7, 11) is 0. The summed E-state index contributed by atoms with van der Waals surface area (Å²) in [5.74, 6) is 0.522. The molecule has 1 aromatic carbocycles. The van der Waals surface area contributed by atoms with Gasteiger partial charge in [-0.25, -0.2) is 4.39 Å². The summed E-state index contributed by atoms with van der Waals surface area (Å²) in [6.07, 6.45) is 0.540. The van der Waals surface area contributed by atoms with Crippen LogP contribution in [0.2, 0.25) is 0 Å². The van der Waals surface area contributed by atoms with Gasteiger partial charge >= 0.3 is 0 Å². The van der Waals surface area contributed by atoms with E-state index in [1.54, 1.807) is 12.1 Å². The normalized spacial score (nSPS) is 12.7. The van der Waals surface area contributed by atoms with Crippen LogP contribution in [0.15, 0.2) is 28.8 Å². The number of aromatic nitrogens is 2. The molecular formula is C11H12FN3O. The summed E-state index contributed by atoms with van der Waals surface area (Å²) in [6.45, 7) is 1.86. The second-order valence-corrected chi connectivity index (χ2v) is 3.71. The summed E-state index contributed by atoms with van der Waals surface area (Å²) in [6, 6.07) is 6.00. The average Bonchev–Trinajstić information content (AvgIpc) is 2.65. The van der Waals surface area contributed by atoms with Gasteiger partial charge in [-0.05, 0) is 25.1 Å². The third-order valence-corrected chi connectivity index (χ3v) is 2.04. The molecule has 0 bridgehead atoms. The second kappa shape index (κ2) is 4.40. The van der Waals surface area contributed by atoms with Crippen molar-refractivity contribution in [3.05, 3.63) is 35.9 Å². The number of nitrogens with two attached hydrogens (primary N) is 1. The number of nitrogens with zero attached hydrogens (tertiary/aromatic N) is 2. The van der Waals surface area contributed by atoms with Crippen LogP contribution in [-0.2, 0) is 6.42 Å². The van der Waals surface area contributed by atoms with E-state index in [0.717, 1.165) is 0 Å². The molecule has 84 valence electrons. The minimum absolute atomic E-state index is 0.0297. The zero-order valence-electron chi connectivity index (χ0n) is 8.85. The largest absolute Gasteiger partial charge is 0.334 e. The molecule has 0 amide bonds. The van der Waals surface area contributed by atoms with Gasteiger partial charge in [-0.15, -0.1) is 0 Å². The fourth-order valence-electron chi connectivity index (χ4n) is 1.36. The van der Waals surface area contributed by atoms with E-state index in [4.69, 9.17) is 10.3 Å². The molecule has 0 radical (unpaired) electrons. The molecule has 1 heterocycles. The molecule has 1 unspecified atom stereocenters. The smallest absolute Gasteiger partial charge is 0.258 e. The van der Waals surface area contributed by atoms with E-state index in [0.29, 0.717) is 23.7 Å². The molecule has 0 fully saturated rings. The molecule has 2 aromatic rings. The molecule has 2 rings (SSSR count). The summed E-state index contributed by atoms with van der Waals surface area (Å²) >= 11 is 0. The summed E-state index contributed by atoms with van der Waals surface area (Å²) in [5.41, 5.74) is 6.19. The van der Waals surface area contributed by atoms with Crippen LogP contribution in [0, 0.1) is 5.82 Å². The third-order valence-electron chi connectivity index (χ3n) is 2.04. The molecular weight excluding hydrogens is 209 g/mol. The topological polar surface area (TPSA) is 64.9 Å². The SMILES string of the molecule is CC(N)Cc1noc(-c2cccc(F)c2)n1. The van der Waals surface area contributed by atoms with Gasteiger partial charge in [-0.1, -0.05) is 11.2 Å². The van der Waals surface area contributed by atoms with Gasteiger partial charge in [0, 0.05) is 18.0 Å². The van der Waals surface area contributed by atoms with Crippen molar-refractivity contribution in [2.45, 2.75) is 19.4 Å². The van der Waals surface area contributed by atoms with Crippen LogP contribution in [0.25, 0.3) is 11.5 Å². The molecule has 16 heavy (non-hydrogen) atoms. The van der Waals surface area contributed by atoms with E-state index in [2.05, 4.69) is 10.1 Å². The van der Waals surface area contributed by atoms with Crippen molar-refractivity contribution in [1.82, 2.24) is 10.1 Å². The van der Waals surface area contributed by atoms with Crippen LogP contribution in [-0.4, -0.2) is 16.2 Å². The maximum absolute atomic E-state index is 13.0. The molecule has 5 heteroatoms. The van der Waals surface area contributed by atoms with Crippen molar-refractivity contribution in [2.24, 2.45) is 5.73 Å². The van der Waals surface area contributed by atoms with Crippen LogP contribution >= 0.6 is 0 Å². The van der Waals surface area contributed by atoms with Crippen LogP contribution < -0.4 is 5.73 Å². The highest BCUT2D eigenvalue weighted by Crippen LogP contribution is 2.17. The van der Waals surface area contributed by atoms with E-state index >= 15 is 0 Å². The molecule has 4 nitrogen and oxygen atoms in total. The summed E-state index contributed by atoms with van der Waals surface area (Å²) < 4.78 is 18.0. The van der Waals surface area contributed by atoms with Crippen LogP contribution in [0.1, 0.15) is 12.7 Å². The van der Waals surface area contributed by atoms with Crippen LogP contribution in [0.4, 0.5) is 4.39 Å². The quantitative estimate of drug-likeness (QED) is 0.857. The highest BCUT2D eigenvalue weighted by molar-refractivity contribution is 5.52. The van der Waals surface area contributed by atoms with Gasteiger partial charge in [0.2, 0.25) is 0 Å². The van der Waals surface area contributed by atoms with E-state index in [1.807, 2.05) is 6.92 Å². The third kappa shape index (κ3) is 2.43. The number of benzene rings is 1. The van der Waals surface area contributed by atoms with Crippen molar-refractivity contribution in [1.29, 1.82) is 0 Å². The Labute approximate surface area is 92.3 Å². The Morgan fingerprint density at radius 1 is 1.50 bits per heavy atom. The minimum atomic E-state index is -0.329. The van der Waals surface area contributed by atoms with Gasteiger partial charge in [0.1, 0.15) is 5.82 Å². The van der Waals surface area contributed by atoms with E-state index in [1.165, 1.54) is 12.1 Å². The molecule has 0 saturated carbocycles. The Balaban J connectivity index is 2.24. The molecule has 0 aliphatic carbocycles. The average molecular weight is 221 g/mol. The Kier molecular flexibility index (Phi) is 2.96. The van der Waals surface area contributed by atoms with Gasteiger partial charge in [-0.3, -0.25) is 0 Å². The first-order valence-corrected chi connectivity index (χ1v) is 4.99. The Bertz CT molecular complexity index is 482.